The molecule has 0 radical (unpaired) electrons. The van der Waals surface area contributed by atoms with Crippen molar-refractivity contribution in [2.24, 2.45) is 5.92 Å². The predicted octanol–water partition coefficient (Wildman–Crippen LogP) is 3.90. The molecule has 0 aliphatic rings. The van der Waals surface area contributed by atoms with Gasteiger partial charge >= 0.3 is 0 Å². The van der Waals surface area contributed by atoms with Crippen LogP contribution in [0.3, 0.4) is 0 Å². The Balaban J connectivity index is 2.38. The third kappa shape index (κ3) is 2.67. The Hall–Kier alpha value is -1.48. The summed E-state index contributed by atoms with van der Waals surface area (Å²) in [5.41, 5.74) is 8.91. The number of halogens is 1. The zero-order valence-electron chi connectivity index (χ0n) is 10.7. The van der Waals surface area contributed by atoms with Gasteiger partial charge < -0.3 is 5.73 Å². The van der Waals surface area contributed by atoms with Crippen LogP contribution in [0, 0.1) is 5.92 Å². The number of rotatable bonds is 4. The molecule has 0 saturated heterocycles. The third-order valence-corrected chi connectivity index (χ3v) is 3.31. The summed E-state index contributed by atoms with van der Waals surface area (Å²) in [6, 6.07) is 7.72. The monoisotopic (exact) mass is 263 g/mol. The maximum Gasteiger partial charge on any atom is 0.153 e. The first-order valence-electron chi connectivity index (χ1n) is 6.17. The smallest absolute Gasteiger partial charge is 0.153 e. The summed E-state index contributed by atoms with van der Waals surface area (Å²) in [5.74, 6) is 1.16. The lowest BCUT2D eigenvalue weighted by molar-refractivity contribution is 0.581. The van der Waals surface area contributed by atoms with Gasteiger partial charge in [0.05, 0.1) is 0 Å². The van der Waals surface area contributed by atoms with Crippen molar-refractivity contribution in [3.63, 3.8) is 0 Å². The van der Waals surface area contributed by atoms with Gasteiger partial charge in [-0.2, -0.15) is 5.10 Å². The fourth-order valence-electron chi connectivity index (χ4n) is 1.97. The van der Waals surface area contributed by atoms with Crippen molar-refractivity contribution in [3.8, 4) is 11.1 Å². The van der Waals surface area contributed by atoms with Gasteiger partial charge in [0, 0.05) is 21.8 Å². The van der Waals surface area contributed by atoms with Crippen LogP contribution in [0.4, 0.5) is 5.82 Å². The van der Waals surface area contributed by atoms with Crippen LogP contribution in [-0.2, 0) is 6.42 Å². The van der Waals surface area contributed by atoms with E-state index in [0.29, 0.717) is 16.8 Å². The third-order valence-electron chi connectivity index (χ3n) is 2.98. The van der Waals surface area contributed by atoms with Gasteiger partial charge in [-0.1, -0.05) is 43.6 Å². The Kier molecular flexibility index (Phi) is 3.92. The van der Waals surface area contributed by atoms with Crippen molar-refractivity contribution in [2.45, 2.75) is 26.7 Å². The first-order chi connectivity index (χ1) is 8.59. The second kappa shape index (κ2) is 5.44. The lowest BCUT2D eigenvalue weighted by Gasteiger charge is -2.07. The highest BCUT2D eigenvalue weighted by atomic mass is 35.5. The van der Waals surface area contributed by atoms with E-state index in [1.54, 1.807) is 0 Å². The molecule has 96 valence electrons. The van der Waals surface area contributed by atoms with Gasteiger partial charge in [-0.15, -0.1) is 0 Å². The van der Waals surface area contributed by atoms with E-state index >= 15 is 0 Å². The largest absolute Gasteiger partial charge is 0.382 e. The van der Waals surface area contributed by atoms with Crippen LogP contribution in [0.1, 0.15) is 26.0 Å². The number of nitrogen functional groups attached to an aromatic ring is 1. The zero-order chi connectivity index (χ0) is 13.1. The number of nitrogens with zero attached hydrogens (tertiary/aromatic N) is 1. The van der Waals surface area contributed by atoms with Crippen molar-refractivity contribution >= 4 is 17.4 Å². The number of benzene rings is 1. The highest BCUT2D eigenvalue weighted by Crippen LogP contribution is 2.34. The van der Waals surface area contributed by atoms with E-state index in [0.717, 1.165) is 29.7 Å². The number of nitrogens with two attached hydrogens (primary N) is 1. The summed E-state index contributed by atoms with van der Waals surface area (Å²) < 4.78 is 0. The van der Waals surface area contributed by atoms with Crippen LogP contribution in [-0.4, -0.2) is 10.2 Å². The Morgan fingerprint density at radius 1 is 1.33 bits per heavy atom. The number of aryl methyl sites for hydroxylation is 1. The molecule has 1 aromatic heterocycles. The fraction of sp³-hybridized carbons (Fsp3) is 0.357. The minimum atomic E-state index is 0.516. The number of hydrogen-bond donors (Lipinski definition) is 2. The van der Waals surface area contributed by atoms with Gasteiger partial charge in [0.25, 0.3) is 0 Å². The summed E-state index contributed by atoms with van der Waals surface area (Å²) in [4.78, 5) is 0. The fourth-order valence-corrected chi connectivity index (χ4v) is 2.20. The van der Waals surface area contributed by atoms with Crippen LogP contribution >= 0.6 is 11.6 Å². The van der Waals surface area contributed by atoms with E-state index in [1.165, 1.54) is 0 Å². The molecule has 18 heavy (non-hydrogen) atoms. The van der Waals surface area contributed by atoms with Gasteiger partial charge in [0.2, 0.25) is 0 Å². The number of anilines is 1. The van der Waals surface area contributed by atoms with E-state index in [2.05, 4.69) is 24.0 Å². The molecule has 3 N–H and O–H groups in total. The number of aromatic nitrogens is 2. The van der Waals surface area contributed by atoms with Gasteiger partial charge in [-0.25, -0.2) is 0 Å². The molecule has 0 spiro atoms. The molecular formula is C14H18ClN3. The minimum Gasteiger partial charge on any atom is -0.382 e. The van der Waals surface area contributed by atoms with Crippen LogP contribution in [0.2, 0.25) is 5.02 Å². The summed E-state index contributed by atoms with van der Waals surface area (Å²) in [6.07, 6.45) is 2.03. The van der Waals surface area contributed by atoms with Gasteiger partial charge in [-0.05, 0) is 24.8 Å². The lowest BCUT2D eigenvalue weighted by atomic mass is 10.00. The van der Waals surface area contributed by atoms with Crippen molar-refractivity contribution in [1.82, 2.24) is 10.2 Å². The Morgan fingerprint density at radius 3 is 2.72 bits per heavy atom. The van der Waals surface area contributed by atoms with E-state index in [4.69, 9.17) is 17.3 Å². The lowest BCUT2D eigenvalue weighted by Crippen LogP contribution is -1.95. The molecule has 0 aliphatic heterocycles. The number of hydrogen-bond acceptors (Lipinski definition) is 2. The standard InChI is InChI=1S/C14H18ClN3/c1-9(2)7-8-12-13(14(16)18-17-12)10-5-3-4-6-11(10)15/h3-6,9H,7-8H2,1-2H3,(H3,16,17,18). The number of aromatic amines is 1. The Morgan fingerprint density at radius 2 is 2.06 bits per heavy atom. The Bertz CT molecular complexity index is 532. The zero-order valence-corrected chi connectivity index (χ0v) is 11.5. The average molecular weight is 264 g/mol. The molecule has 0 fully saturated rings. The van der Waals surface area contributed by atoms with Crippen molar-refractivity contribution in [3.05, 3.63) is 35.0 Å². The normalized spacial score (nSPS) is 11.1. The second-order valence-electron chi connectivity index (χ2n) is 4.87. The predicted molar refractivity (Wildman–Crippen MR) is 76.6 cm³/mol. The molecule has 0 amide bonds. The van der Waals surface area contributed by atoms with Crippen LogP contribution in [0.15, 0.2) is 24.3 Å². The molecule has 2 rings (SSSR count). The summed E-state index contributed by atoms with van der Waals surface area (Å²) >= 11 is 6.23. The molecular weight excluding hydrogens is 246 g/mol. The first kappa shape index (κ1) is 13.0. The highest BCUT2D eigenvalue weighted by molar-refractivity contribution is 6.33. The van der Waals surface area contributed by atoms with Gasteiger partial charge in [0.15, 0.2) is 5.82 Å². The average Bonchev–Trinajstić information content (AvgIpc) is 2.69. The van der Waals surface area contributed by atoms with Crippen LogP contribution in [0.25, 0.3) is 11.1 Å². The topological polar surface area (TPSA) is 54.7 Å². The van der Waals surface area contributed by atoms with E-state index in [9.17, 15) is 0 Å². The van der Waals surface area contributed by atoms with Crippen LogP contribution in [0.5, 0.6) is 0 Å². The second-order valence-corrected chi connectivity index (χ2v) is 5.28. The quantitative estimate of drug-likeness (QED) is 0.879. The van der Waals surface area contributed by atoms with E-state index in [1.807, 2.05) is 24.3 Å². The van der Waals surface area contributed by atoms with Gasteiger partial charge in [-0.3, -0.25) is 5.10 Å². The molecule has 0 unspecified atom stereocenters. The van der Waals surface area contributed by atoms with Crippen molar-refractivity contribution < 1.29 is 0 Å². The number of H-pyrrole nitrogens is 1. The van der Waals surface area contributed by atoms with Crippen molar-refractivity contribution in [1.29, 1.82) is 0 Å². The molecule has 0 aliphatic carbocycles. The summed E-state index contributed by atoms with van der Waals surface area (Å²) in [7, 11) is 0. The first-order valence-corrected chi connectivity index (χ1v) is 6.55. The maximum atomic E-state index is 6.23. The van der Waals surface area contributed by atoms with E-state index in [-0.39, 0.29) is 0 Å². The molecule has 0 atom stereocenters. The summed E-state index contributed by atoms with van der Waals surface area (Å²) in [6.45, 7) is 4.41. The molecule has 3 nitrogen and oxygen atoms in total. The summed E-state index contributed by atoms with van der Waals surface area (Å²) in [5, 5.41) is 7.83. The van der Waals surface area contributed by atoms with Crippen molar-refractivity contribution in [2.75, 3.05) is 5.73 Å². The molecule has 1 heterocycles. The SMILES string of the molecule is CC(C)CCc1[nH]nc(N)c1-c1ccccc1Cl. The molecule has 0 saturated carbocycles. The number of nitrogens with one attached hydrogen (secondary N) is 1. The highest BCUT2D eigenvalue weighted by Gasteiger charge is 2.15. The van der Waals surface area contributed by atoms with Crippen LogP contribution < -0.4 is 5.73 Å². The molecule has 0 bridgehead atoms. The minimum absolute atomic E-state index is 0.516. The molecule has 1 aromatic carbocycles. The molecule has 2 aromatic rings. The molecule has 4 heteroatoms. The Labute approximate surface area is 112 Å². The van der Waals surface area contributed by atoms with Gasteiger partial charge in [0.1, 0.15) is 0 Å². The maximum absolute atomic E-state index is 6.23. The van der Waals surface area contributed by atoms with E-state index < -0.39 is 0 Å².